The molecular formula is C9H13N5O. The molecule has 2 rings (SSSR count). The van der Waals surface area contributed by atoms with Gasteiger partial charge in [-0.15, -0.1) is 0 Å². The summed E-state index contributed by atoms with van der Waals surface area (Å²) >= 11 is 0. The largest absolute Gasteiger partial charge is 0.340 e. The van der Waals surface area contributed by atoms with E-state index in [1.54, 1.807) is 19.4 Å². The number of hydrogen-bond donors (Lipinski definition) is 1. The third kappa shape index (κ3) is 2.04. The number of nitrogens with zero attached hydrogens (tertiary/aromatic N) is 4. The first kappa shape index (κ1) is 9.85. The molecule has 0 aliphatic rings. The third-order valence-corrected chi connectivity index (χ3v) is 2.09. The number of hydrogen-bond acceptors (Lipinski definition) is 5. The molecule has 0 amide bonds. The summed E-state index contributed by atoms with van der Waals surface area (Å²) in [5.41, 5.74) is 6.75. The Bertz CT molecular complexity index is 445. The van der Waals surface area contributed by atoms with Gasteiger partial charge >= 0.3 is 0 Å². The van der Waals surface area contributed by atoms with Gasteiger partial charge in [-0.3, -0.25) is 0 Å². The smallest absolute Gasteiger partial charge is 0.223 e. The SMILES string of the molecule is Cc1nc(Cn2cncc2[C@H](C)N)no1. The summed E-state index contributed by atoms with van der Waals surface area (Å²) in [6.07, 6.45) is 3.46. The predicted octanol–water partition coefficient (Wildman–Crippen LogP) is 0.643. The highest BCUT2D eigenvalue weighted by Gasteiger charge is 2.09. The van der Waals surface area contributed by atoms with Gasteiger partial charge < -0.3 is 14.8 Å². The van der Waals surface area contributed by atoms with Gasteiger partial charge in [-0.25, -0.2) is 4.98 Å². The molecule has 0 aliphatic heterocycles. The minimum atomic E-state index is -0.0551. The monoisotopic (exact) mass is 207 g/mol. The van der Waals surface area contributed by atoms with Crippen LogP contribution in [0.15, 0.2) is 17.0 Å². The van der Waals surface area contributed by atoms with Crippen LogP contribution in [0.3, 0.4) is 0 Å². The second kappa shape index (κ2) is 3.82. The zero-order valence-corrected chi connectivity index (χ0v) is 8.71. The summed E-state index contributed by atoms with van der Waals surface area (Å²) in [5.74, 6) is 1.19. The molecule has 0 aromatic carbocycles. The van der Waals surface area contributed by atoms with Crippen molar-refractivity contribution in [3.05, 3.63) is 29.9 Å². The molecule has 15 heavy (non-hydrogen) atoms. The first-order valence-corrected chi connectivity index (χ1v) is 4.71. The fourth-order valence-corrected chi connectivity index (χ4v) is 1.40. The maximum absolute atomic E-state index is 5.79. The third-order valence-electron chi connectivity index (χ3n) is 2.09. The lowest BCUT2D eigenvalue weighted by Crippen LogP contribution is -2.12. The van der Waals surface area contributed by atoms with Crippen molar-refractivity contribution in [2.45, 2.75) is 26.4 Å². The van der Waals surface area contributed by atoms with Gasteiger partial charge in [0.05, 0.1) is 18.6 Å². The van der Waals surface area contributed by atoms with Crippen molar-refractivity contribution >= 4 is 0 Å². The maximum Gasteiger partial charge on any atom is 0.223 e. The van der Waals surface area contributed by atoms with E-state index in [0.717, 1.165) is 5.69 Å². The molecule has 2 N–H and O–H groups in total. The molecule has 0 fully saturated rings. The number of nitrogens with two attached hydrogens (primary N) is 1. The average Bonchev–Trinajstić information content (AvgIpc) is 2.75. The standard InChI is InChI=1S/C9H13N5O/c1-6(10)8-3-11-5-14(8)4-9-12-7(2)15-13-9/h3,5-6H,4,10H2,1-2H3/t6-/m0/s1. The second-order valence-electron chi connectivity index (χ2n) is 3.46. The molecule has 6 heteroatoms. The number of aryl methyl sites for hydroxylation is 1. The molecule has 1 atom stereocenters. The van der Waals surface area contributed by atoms with Crippen LogP contribution in [-0.4, -0.2) is 19.7 Å². The molecule has 0 aliphatic carbocycles. The molecule has 0 unspecified atom stereocenters. The quantitative estimate of drug-likeness (QED) is 0.798. The van der Waals surface area contributed by atoms with E-state index in [4.69, 9.17) is 10.3 Å². The predicted molar refractivity (Wildman–Crippen MR) is 53.0 cm³/mol. The molecule has 2 aromatic rings. The van der Waals surface area contributed by atoms with Crippen molar-refractivity contribution in [1.29, 1.82) is 0 Å². The van der Waals surface area contributed by atoms with Crippen LogP contribution >= 0.6 is 0 Å². The highest BCUT2D eigenvalue weighted by Crippen LogP contribution is 2.10. The normalized spacial score (nSPS) is 13.0. The van der Waals surface area contributed by atoms with Crippen LogP contribution in [0.2, 0.25) is 0 Å². The maximum atomic E-state index is 5.79. The lowest BCUT2D eigenvalue weighted by Gasteiger charge is -2.07. The number of aromatic nitrogens is 4. The Hall–Kier alpha value is -1.69. The van der Waals surface area contributed by atoms with Crippen LogP contribution in [0.4, 0.5) is 0 Å². The van der Waals surface area contributed by atoms with Gasteiger partial charge in [0.15, 0.2) is 5.82 Å². The molecule has 0 saturated heterocycles. The van der Waals surface area contributed by atoms with Crippen molar-refractivity contribution in [1.82, 2.24) is 19.7 Å². The second-order valence-corrected chi connectivity index (χ2v) is 3.46. The van der Waals surface area contributed by atoms with Crippen molar-refractivity contribution in [3.63, 3.8) is 0 Å². The van der Waals surface area contributed by atoms with E-state index in [9.17, 15) is 0 Å². The topological polar surface area (TPSA) is 82.8 Å². The first-order chi connectivity index (χ1) is 7.16. The molecule has 80 valence electrons. The molecule has 0 spiro atoms. The van der Waals surface area contributed by atoms with Crippen LogP contribution in [0.5, 0.6) is 0 Å². The van der Waals surface area contributed by atoms with E-state index in [0.29, 0.717) is 18.3 Å². The lowest BCUT2D eigenvalue weighted by atomic mass is 10.3. The van der Waals surface area contributed by atoms with Gasteiger partial charge in [-0.05, 0) is 6.92 Å². The van der Waals surface area contributed by atoms with Gasteiger partial charge in [-0.1, -0.05) is 5.16 Å². The summed E-state index contributed by atoms with van der Waals surface area (Å²) in [6.45, 7) is 4.21. The Labute approximate surface area is 87.1 Å². The van der Waals surface area contributed by atoms with E-state index < -0.39 is 0 Å². The van der Waals surface area contributed by atoms with Crippen molar-refractivity contribution in [3.8, 4) is 0 Å². The molecule has 2 heterocycles. The summed E-state index contributed by atoms with van der Waals surface area (Å²) in [5, 5.41) is 3.82. The fourth-order valence-electron chi connectivity index (χ4n) is 1.40. The zero-order chi connectivity index (χ0) is 10.8. The van der Waals surface area contributed by atoms with Gasteiger partial charge in [0, 0.05) is 19.2 Å². The van der Waals surface area contributed by atoms with Crippen LogP contribution in [-0.2, 0) is 6.54 Å². The van der Waals surface area contributed by atoms with E-state index in [1.807, 2.05) is 11.5 Å². The molecular weight excluding hydrogens is 194 g/mol. The van der Waals surface area contributed by atoms with E-state index >= 15 is 0 Å². The Morgan fingerprint density at radius 3 is 3.00 bits per heavy atom. The van der Waals surface area contributed by atoms with Crippen LogP contribution in [0, 0.1) is 6.92 Å². The van der Waals surface area contributed by atoms with E-state index in [2.05, 4.69) is 15.1 Å². The van der Waals surface area contributed by atoms with Crippen molar-refractivity contribution in [2.75, 3.05) is 0 Å². The molecule has 2 aromatic heterocycles. The Kier molecular flexibility index (Phi) is 2.51. The van der Waals surface area contributed by atoms with Crippen LogP contribution in [0.1, 0.15) is 30.4 Å². The molecule has 0 saturated carbocycles. The van der Waals surface area contributed by atoms with Crippen LogP contribution < -0.4 is 5.73 Å². The Morgan fingerprint density at radius 1 is 1.60 bits per heavy atom. The van der Waals surface area contributed by atoms with Crippen LogP contribution in [0.25, 0.3) is 0 Å². The summed E-state index contributed by atoms with van der Waals surface area (Å²) in [7, 11) is 0. The van der Waals surface area contributed by atoms with Gasteiger partial charge in [0.1, 0.15) is 0 Å². The van der Waals surface area contributed by atoms with E-state index in [-0.39, 0.29) is 6.04 Å². The highest BCUT2D eigenvalue weighted by atomic mass is 16.5. The summed E-state index contributed by atoms with van der Waals surface area (Å²) in [4.78, 5) is 8.16. The zero-order valence-electron chi connectivity index (χ0n) is 8.71. The highest BCUT2D eigenvalue weighted by molar-refractivity contribution is 5.05. The van der Waals surface area contributed by atoms with Gasteiger partial charge in [0.2, 0.25) is 5.89 Å². The molecule has 6 nitrogen and oxygen atoms in total. The van der Waals surface area contributed by atoms with Gasteiger partial charge in [0.25, 0.3) is 0 Å². The van der Waals surface area contributed by atoms with Crippen molar-refractivity contribution in [2.24, 2.45) is 5.73 Å². The van der Waals surface area contributed by atoms with Gasteiger partial charge in [-0.2, -0.15) is 4.98 Å². The lowest BCUT2D eigenvalue weighted by molar-refractivity contribution is 0.385. The summed E-state index contributed by atoms with van der Waals surface area (Å²) < 4.78 is 6.80. The minimum absolute atomic E-state index is 0.0551. The number of rotatable bonds is 3. The minimum Gasteiger partial charge on any atom is -0.340 e. The first-order valence-electron chi connectivity index (χ1n) is 4.71. The van der Waals surface area contributed by atoms with Crippen molar-refractivity contribution < 1.29 is 4.52 Å². The number of imidazole rings is 1. The Morgan fingerprint density at radius 2 is 2.40 bits per heavy atom. The average molecular weight is 207 g/mol. The van der Waals surface area contributed by atoms with E-state index in [1.165, 1.54) is 0 Å². The fraction of sp³-hybridized carbons (Fsp3) is 0.444. The Balaban J connectivity index is 2.20. The summed E-state index contributed by atoms with van der Waals surface area (Å²) in [6, 6.07) is -0.0551. The molecule has 0 bridgehead atoms. The molecule has 0 radical (unpaired) electrons.